The van der Waals surface area contributed by atoms with Crippen LogP contribution in [0.25, 0.3) is 0 Å². The number of halogens is 1. The fraction of sp³-hybridized carbons (Fsp3) is 0.286. The molecule has 1 atom stereocenters. The fourth-order valence-corrected chi connectivity index (χ4v) is 4.45. The Morgan fingerprint density at radius 2 is 1.92 bits per heavy atom. The van der Waals surface area contributed by atoms with E-state index >= 15 is 0 Å². The van der Waals surface area contributed by atoms with E-state index in [1.165, 1.54) is 5.56 Å². The van der Waals surface area contributed by atoms with Gasteiger partial charge in [-0.05, 0) is 49.6 Å². The van der Waals surface area contributed by atoms with Gasteiger partial charge in [-0.2, -0.15) is 0 Å². The number of thioether (sulfide) groups is 1. The number of rotatable bonds is 8. The largest absolute Gasteiger partial charge is 0.496 e. The summed E-state index contributed by atoms with van der Waals surface area (Å²) in [7, 11) is 1.72. The first-order valence-electron chi connectivity index (χ1n) is 8.60. The van der Waals surface area contributed by atoms with Crippen molar-refractivity contribution in [3.8, 4) is 5.75 Å². The summed E-state index contributed by atoms with van der Waals surface area (Å²) in [6.45, 7) is 3.24. The van der Waals surface area contributed by atoms with E-state index in [2.05, 4.69) is 40.7 Å². The molecule has 3 rings (SSSR count). The van der Waals surface area contributed by atoms with Crippen LogP contribution < -0.4 is 4.74 Å². The summed E-state index contributed by atoms with van der Waals surface area (Å²) < 4.78 is 7.69. The minimum atomic E-state index is 0.00668. The molecule has 1 aromatic heterocycles. The van der Waals surface area contributed by atoms with E-state index < -0.39 is 0 Å². The summed E-state index contributed by atoms with van der Waals surface area (Å²) in [5, 5.41) is 0.770. The summed E-state index contributed by atoms with van der Waals surface area (Å²) >= 11 is 7.92. The van der Waals surface area contributed by atoms with Gasteiger partial charge in [0.15, 0.2) is 0 Å². The Kier molecular flexibility index (Phi) is 6.28. The third-order valence-electron chi connectivity index (χ3n) is 4.37. The van der Waals surface area contributed by atoms with Crippen LogP contribution in [0, 0.1) is 0 Å². The minimum absolute atomic E-state index is 0.00668. The molecule has 136 valence electrons. The maximum absolute atomic E-state index is 6.05. The van der Waals surface area contributed by atoms with Gasteiger partial charge in [-0.3, -0.25) is 0 Å². The quantitative estimate of drug-likeness (QED) is 0.462. The highest BCUT2D eigenvalue weighted by Gasteiger charge is 2.27. The highest BCUT2D eigenvalue weighted by atomic mass is 35.5. The Hall–Kier alpha value is -1.91. The maximum Gasteiger partial charge on any atom is 0.132 e. The molecule has 0 saturated heterocycles. The van der Waals surface area contributed by atoms with Gasteiger partial charge in [-0.25, -0.2) is 4.98 Å². The van der Waals surface area contributed by atoms with Crippen LogP contribution in [0.4, 0.5) is 0 Å². The van der Waals surface area contributed by atoms with Gasteiger partial charge in [-0.15, -0.1) is 11.8 Å². The zero-order valence-electron chi connectivity index (χ0n) is 15.1. The molecule has 5 heteroatoms. The lowest BCUT2D eigenvalue weighted by Gasteiger charge is -2.30. The summed E-state index contributed by atoms with van der Waals surface area (Å²) in [4.78, 5) is 5.31. The first kappa shape index (κ1) is 18.9. The summed E-state index contributed by atoms with van der Waals surface area (Å²) in [5.74, 6) is 0.919. The molecule has 1 heterocycles. The molecule has 26 heavy (non-hydrogen) atoms. The molecule has 0 bridgehead atoms. The molecular weight excluding hydrogens is 364 g/mol. The van der Waals surface area contributed by atoms with Crippen LogP contribution in [-0.2, 0) is 13.0 Å². The molecule has 0 spiro atoms. The van der Waals surface area contributed by atoms with Crippen molar-refractivity contribution < 1.29 is 4.74 Å². The number of nitrogens with zero attached hydrogens (tertiary/aromatic N) is 2. The molecular formula is C21H23ClN2OS. The van der Waals surface area contributed by atoms with Crippen LogP contribution in [0.2, 0.25) is 5.02 Å². The van der Waals surface area contributed by atoms with Crippen molar-refractivity contribution in [1.29, 1.82) is 0 Å². The zero-order chi connectivity index (χ0) is 18.4. The van der Waals surface area contributed by atoms with Gasteiger partial charge in [0.05, 0.1) is 13.4 Å². The van der Waals surface area contributed by atoms with E-state index in [-0.39, 0.29) is 4.75 Å². The van der Waals surface area contributed by atoms with E-state index in [0.717, 1.165) is 35.1 Å². The van der Waals surface area contributed by atoms with E-state index in [1.54, 1.807) is 7.11 Å². The van der Waals surface area contributed by atoms with Gasteiger partial charge in [0.2, 0.25) is 0 Å². The van der Waals surface area contributed by atoms with Gasteiger partial charge in [0, 0.05) is 33.6 Å². The van der Waals surface area contributed by atoms with Crippen LogP contribution >= 0.6 is 23.4 Å². The molecule has 0 fully saturated rings. The van der Waals surface area contributed by atoms with Gasteiger partial charge >= 0.3 is 0 Å². The highest BCUT2D eigenvalue weighted by Crippen LogP contribution is 2.42. The molecule has 0 saturated carbocycles. The topological polar surface area (TPSA) is 27.1 Å². The van der Waals surface area contributed by atoms with Crippen molar-refractivity contribution in [2.45, 2.75) is 36.0 Å². The number of benzene rings is 2. The lowest BCUT2D eigenvalue weighted by molar-refractivity contribution is 0.404. The number of hydrogen-bond acceptors (Lipinski definition) is 3. The Morgan fingerprint density at radius 3 is 2.62 bits per heavy atom. The Bertz CT molecular complexity index is 820. The van der Waals surface area contributed by atoms with Crippen LogP contribution in [0.5, 0.6) is 5.75 Å². The third-order valence-corrected chi connectivity index (χ3v) is 6.03. The third kappa shape index (κ3) is 5.05. The first-order valence-corrected chi connectivity index (χ1v) is 9.80. The van der Waals surface area contributed by atoms with Crippen molar-refractivity contribution >= 4 is 23.4 Å². The van der Waals surface area contributed by atoms with Gasteiger partial charge < -0.3 is 9.30 Å². The fourth-order valence-electron chi connectivity index (χ4n) is 2.96. The zero-order valence-corrected chi connectivity index (χ0v) is 16.6. The molecule has 0 aliphatic carbocycles. The number of para-hydroxylation sites is 1. The molecule has 3 aromatic rings. The molecule has 2 aromatic carbocycles. The van der Waals surface area contributed by atoms with E-state index in [0.29, 0.717) is 0 Å². The normalized spacial score (nSPS) is 13.3. The Morgan fingerprint density at radius 1 is 1.15 bits per heavy atom. The van der Waals surface area contributed by atoms with E-state index in [1.807, 2.05) is 54.7 Å². The van der Waals surface area contributed by atoms with Gasteiger partial charge in [0.25, 0.3) is 0 Å². The van der Waals surface area contributed by atoms with Crippen molar-refractivity contribution in [3.05, 3.63) is 77.8 Å². The minimum Gasteiger partial charge on any atom is -0.496 e. The first-order chi connectivity index (χ1) is 12.6. The van der Waals surface area contributed by atoms with Crippen molar-refractivity contribution in [2.75, 3.05) is 7.11 Å². The number of ether oxygens (including phenoxy) is 1. The predicted molar refractivity (Wildman–Crippen MR) is 109 cm³/mol. The predicted octanol–water partition coefficient (Wildman–Crippen LogP) is 5.73. The molecule has 0 aliphatic rings. The second-order valence-electron chi connectivity index (χ2n) is 6.56. The molecule has 0 amide bonds. The summed E-state index contributed by atoms with van der Waals surface area (Å²) in [6, 6.07) is 16.3. The van der Waals surface area contributed by atoms with Crippen molar-refractivity contribution in [2.24, 2.45) is 0 Å². The van der Waals surface area contributed by atoms with Crippen LogP contribution in [0.3, 0.4) is 0 Å². The molecule has 0 radical (unpaired) electrons. The Balaban J connectivity index is 1.82. The standard InChI is InChI=1S/C21H23ClN2OS/c1-21(11-13-24-14-12-23-16-24,15-17-7-9-18(22)10-8-17)26-20-6-4-3-5-19(20)25-2/h3-10,12,14,16H,11,13,15H2,1-2H3. The van der Waals surface area contributed by atoms with E-state index in [9.17, 15) is 0 Å². The molecule has 3 nitrogen and oxygen atoms in total. The summed E-state index contributed by atoms with van der Waals surface area (Å²) in [5.41, 5.74) is 1.28. The number of aromatic nitrogens is 2. The average molecular weight is 387 g/mol. The van der Waals surface area contributed by atoms with Gasteiger partial charge in [-0.1, -0.05) is 35.9 Å². The second kappa shape index (κ2) is 8.65. The summed E-state index contributed by atoms with van der Waals surface area (Å²) in [6.07, 6.45) is 7.66. The lowest BCUT2D eigenvalue weighted by Crippen LogP contribution is -2.25. The van der Waals surface area contributed by atoms with Gasteiger partial charge in [0.1, 0.15) is 5.75 Å². The van der Waals surface area contributed by atoms with Crippen LogP contribution in [0.1, 0.15) is 18.9 Å². The van der Waals surface area contributed by atoms with E-state index in [4.69, 9.17) is 16.3 Å². The van der Waals surface area contributed by atoms with Crippen LogP contribution in [0.15, 0.2) is 72.1 Å². The average Bonchev–Trinajstić information content (AvgIpc) is 3.16. The molecule has 0 aliphatic heterocycles. The second-order valence-corrected chi connectivity index (χ2v) is 8.62. The molecule has 0 N–H and O–H groups in total. The monoisotopic (exact) mass is 386 g/mol. The SMILES string of the molecule is COc1ccccc1SC(C)(CCn1ccnc1)Cc1ccc(Cl)cc1. The van der Waals surface area contributed by atoms with Crippen LogP contribution in [-0.4, -0.2) is 21.4 Å². The number of methoxy groups -OCH3 is 1. The number of imidazole rings is 1. The van der Waals surface area contributed by atoms with Crippen molar-refractivity contribution in [1.82, 2.24) is 9.55 Å². The molecule has 1 unspecified atom stereocenters. The highest BCUT2D eigenvalue weighted by molar-refractivity contribution is 8.00. The number of hydrogen-bond donors (Lipinski definition) is 0. The smallest absolute Gasteiger partial charge is 0.132 e. The lowest BCUT2D eigenvalue weighted by atomic mass is 9.97. The Labute approximate surface area is 164 Å². The number of aryl methyl sites for hydroxylation is 1. The van der Waals surface area contributed by atoms with Crippen molar-refractivity contribution in [3.63, 3.8) is 0 Å². The maximum atomic E-state index is 6.05.